The monoisotopic (exact) mass is 382 g/mol. The first-order chi connectivity index (χ1) is 10.0. The average molecular weight is 384 g/mol. The lowest BCUT2D eigenvalue weighted by atomic mass is 10.1. The summed E-state index contributed by atoms with van der Waals surface area (Å²) in [6.07, 6.45) is 2.30. The third kappa shape index (κ3) is 3.00. The van der Waals surface area contributed by atoms with Crippen molar-refractivity contribution in [3.05, 3.63) is 57.3 Å². The summed E-state index contributed by atoms with van der Waals surface area (Å²) >= 11 is 9.43. The lowest BCUT2D eigenvalue weighted by Gasteiger charge is -1.99. The van der Waals surface area contributed by atoms with E-state index in [1.54, 1.807) is 12.9 Å². The van der Waals surface area contributed by atoms with Crippen molar-refractivity contribution < 1.29 is 4.57 Å². The molecule has 1 unspecified atom stereocenters. The Bertz CT molecular complexity index is 849. The number of aromatic nitrogens is 3. The van der Waals surface area contributed by atoms with Crippen molar-refractivity contribution in [2.24, 2.45) is 0 Å². The van der Waals surface area contributed by atoms with Gasteiger partial charge in [0.15, 0.2) is 6.66 Å². The van der Waals surface area contributed by atoms with E-state index in [1.807, 2.05) is 30.3 Å². The predicted molar refractivity (Wildman–Crippen MR) is 88.4 cm³/mol. The van der Waals surface area contributed by atoms with E-state index in [4.69, 9.17) is 11.6 Å². The van der Waals surface area contributed by atoms with E-state index in [1.165, 1.54) is 4.45 Å². The lowest BCUT2D eigenvalue weighted by Crippen LogP contribution is -1.92. The van der Waals surface area contributed by atoms with E-state index >= 15 is 0 Å². The first-order valence-corrected chi connectivity index (χ1v) is 9.06. The second-order valence-corrected chi connectivity index (χ2v) is 7.29. The molecule has 3 rings (SSSR count). The van der Waals surface area contributed by atoms with Crippen LogP contribution in [0.1, 0.15) is 11.3 Å². The molecule has 3 aromatic rings. The molecular weight excluding hydrogens is 373 g/mol. The highest BCUT2D eigenvalue weighted by molar-refractivity contribution is 9.10. The van der Waals surface area contributed by atoms with E-state index in [2.05, 4.69) is 26.0 Å². The van der Waals surface area contributed by atoms with Gasteiger partial charge in [-0.2, -0.15) is 0 Å². The molecule has 0 saturated carbocycles. The topological polar surface area (TPSA) is 47.8 Å². The van der Waals surface area contributed by atoms with E-state index in [-0.39, 0.29) is 0 Å². The van der Waals surface area contributed by atoms with Gasteiger partial charge in [-0.1, -0.05) is 23.7 Å². The van der Waals surface area contributed by atoms with Crippen molar-refractivity contribution in [3.8, 4) is 0 Å². The fourth-order valence-electron chi connectivity index (χ4n) is 2.19. The summed E-state index contributed by atoms with van der Waals surface area (Å²) in [5.41, 5.74) is 2.53. The fraction of sp³-hybridized carbons (Fsp3) is 0.143. The highest BCUT2D eigenvalue weighted by atomic mass is 79.9. The van der Waals surface area contributed by atoms with Crippen molar-refractivity contribution in [1.29, 1.82) is 0 Å². The van der Waals surface area contributed by atoms with Gasteiger partial charge in [-0.15, -0.1) is 5.10 Å². The number of rotatable bonds is 3. The largest absolute Gasteiger partial charge is 0.482 e. The van der Waals surface area contributed by atoms with Gasteiger partial charge in [0, 0.05) is 27.5 Å². The van der Waals surface area contributed by atoms with E-state index in [0.29, 0.717) is 17.1 Å². The maximum Gasteiger partial charge on any atom is 0.482 e. The van der Waals surface area contributed by atoms with Crippen LogP contribution in [0.4, 0.5) is 0 Å². The molecule has 21 heavy (non-hydrogen) atoms. The molecule has 106 valence electrons. The van der Waals surface area contributed by atoms with Gasteiger partial charge < -0.3 is 0 Å². The maximum absolute atomic E-state index is 11.8. The van der Waals surface area contributed by atoms with Crippen LogP contribution in [0.15, 0.2) is 41.0 Å². The molecule has 0 N–H and O–H groups in total. The third-order valence-corrected chi connectivity index (χ3v) is 4.56. The van der Waals surface area contributed by atoms with Crippen LogP contribution in [0.3, 0.4) is 0 Å². The Labute approximate surface area is 136 Å². The zero-order valence-electron chi connectivity index (χ0n) is 11.1. The molecule has 2 heterocycles. The molecule has 0 aliphatic rings. The van der Waals surface area contributed by atoms with Crippen LogP contribution in [0.5, 0.6) is 0 Å². The van der Waals surface area contributed by atoms with Crippen LogP contribution >= 0.6 is 35.5 Å². The predicted octanol–water partition coefficient (Wildman–Crippen LogP) is 4.66. The quantitative estimate of drug-likeness (QED) is 0.618. The lowest BCUT2D eigenvalue weighted by molar-refractivity contribution is 0.582. The van der Waals surface area contributed by atoms with Crippen molar-refractivity contribution in [2.75, 3.05) is 6.66 Å². The molecule has 0 fully saturated rings. The minimum Gasteiger partial charge on any atom is -0.232 e. The Balaban J connectivity index is 2.13. The molecule has 0 spiro atoms. The van der Waals surface area contributed by atoms with Crippen molar-refractivity contribution >= 4 is 46.5 Å². The Morgan fingerprint density at radius 2 is 2.19 bits per heavy atom. The first kappa shape index (κ1) is 14.6. The third-order valence-electron chi connectivity index (χ3n) is 3.08. The van der Waals surface area contributed by atoms with E-state index in [0.717, 1.165) is 21.1 Å². The molecule has 1 aromatic carbocycles. The number of hydrogen-bond acceptors (Lipinski definition) is 3. The normalized spacial score (nSPS) is 11.9. The minimum absolute atomic E-state index is 0.616. The van der Waals surface area contributed by atoms with Gasteiger partial charge in [-0.05, 0) is 48.7 Å². The van der Waals surface area contributed by atoms with Crippen molar-refractivity contribution in [2.45, 2.75) is 6.42 Å². The van der Waals surface area contributed by atoms with Gasteiger partial charge in [0.05, 0.1) is 5.69 Å². The summed E-state index contributed by atoms with van der Waals surface area (Å²) in [7, 11) is -1.61. The number of halogens is 2. The van der Waals surface area contributed by atoms with Gasteiger partial charge in [0.25, 0.3) is 0 Å². The zero-order chi connectivity index (χ0) is 15.0. The highest BCUT2D eigenvalue weighted by Gasteiger charge is 2.21. The Hall–Kier alpha value is -1.29. The smallest absolute Gasteiger partial charge is 0.232 e. The average Bonchev–Trinajstić information content (AvgIpc) is 2.77. The Kier molecular flexibility index (Phi) is 4.07. The molecule has 7 heteroatoms. The van der Waals surface area contributed by atoms with Crippen LogP contribution in [0.25, 0.3) is 11.0 Å². The highest BCUT2D eigenvalue weighted by Crippen LogP contribution is 2.29. The first-order valence-electron chi connectivity index (χ1n) is 6.23. The molecule has 0 radical (unpaired) electrons. The molecule has 0 aliphatic carbocycles. The van der Waals surface area contributed by atoms with Gasteiger partial charge in [0.2, 0.25) is 5.65 Å². The van der Waals surface area contributed by atoms with Gasteiger partial charge in [0.1, 0.15) is 0 Å². The zero-order valence-corrected chi connectivity index (χ0v) is 14.4. The fourth-order valence-corrected chi connectivity index (χ4v) is 3.39. The summed E-state index contributed by atoms with van der Waals surface area (Å²) in [6.45, 7) is 1.62. The van der Waals surface area contributed by atoms with Crippen LogP contribution in [-0.4, -0.2) is 21.2 Å². The van der Waals surface area contributed by atoms with E-state index < -0.39 is 7.95 Å². The molecule has 2 aromatic heterocycles. The van der Waals surface area contributed by atoms with Gasteiger partial charge >= 0.3 is 7.95 Å². The second kappa shape index (κ2) is 5.84. The van der Waals surface area contributed by atoms with Gasteiger partial charge in [-0.25, -0.2) is 4.98 Å². The van der Waals surface area contributed by atoms with Crippen LogP contribution < -0.4 is 0 Å². The van der Waals surface area contributed by atoms with E-state index in [9.17, 15) is 4.57 Å². The standard InChI is InChI=1S/C14H11BrClN3OP/c1-21(20)19-14-12(7-10(15)8-17-14)13(18-19)6-9-3-2-4-11(16)5-9/h2-5,7-8H,6H2,1H3/q+1. The van der Waals surface area contributed by atoms with Gasteiger partial charge in [-0.3, -0.25) is 0 Å². The molecule has 4 nitrogen and oxygen atoms in total. The van der Waals surface area contributed by atoms with Crippen molar-refractivity contribution in [3.63, 3.8) is 0 Å². The van der Waals surface area contributed by atoms with Crippen LogP contribution in [0.2, 0.25) is 5.02 Å². The second-order valence-electron chi connectivity index (χ2n) is 4.63. The summed E-state index contributed by atoms with van der Waals surface area (Å²) in [5.74, 6) is 0. The SMILES string of the molecule is C[P+](=O)n1nc(Cc2cccc(Cl)c2)c2cc(Br)cnc21. The minimum atomic E-state index is -1.61. The molecule has 0 bridgehead atoms. The maximum atomic E-state index is 11.8. The molecule has 0 saturated heterocycles. The number of nitrogens with zero attached hydrogens (tertiary/aromatic N) is 3. The van der Waals surface area contributed by atoms with Crippen LogP contribution in [0, 0.1) is 0 Å². The molecule has 0 aliphatic heterocycles. The summed E-state index contributed by atoms with van der Waals surface area (Å²) in [4.78, 5) is 4.33. The molecular formula is C14H11BrClN3OP+. The number of fused-ring (bicyclic) bond motifs is 1. The number of benzene rings is 1. The summed E-state index contributed by atoms with van der Waals surface area (Å²) in [5, 5.41) is 6.05. The molecule has 1 atom stereocenters. The number of hydrogen-bond donors (Lipinski definition) is 0. The Morgan fingerprint density at radius 1 is 1.38 bits per heavy atom. The Morgan fingerprint density at radius 3 is 2.90 bits per heavy atom. The number of pyridine rings is 1. The molecule has 0 amide bonds. The summed E-state index contributed by atoms with van der Waals surface area (Å²) < 4.78 is 14.2. The summed E-state index contributed by atoms with van der Waals surface area (Å²) in [6, 6.07) is 9.59. The van der Waals surface area contributed by atoms with Crippen LogP contribution in [-0.2, 0) is 11.0 Å². The van der Waals surface area contributed by atoms with Crippen molar-refractivity contribution in [1.82, 2.24) is 14.5 Å².